The summed E-state index contributed by atoms with van der Waals surface area (Å²) in [6.07, 6.45) is 0. The smallest absolute Gasteiger partial charge is 0.255 e. The van der Waals surface area contributed by atoms with Crippen molar-refractivity contribution in [1.82, 2.24) is 4.72 Å². The molecular weight excluding hydrogens is 366 g/mol. The minimum Gasteiger partial charge on any atom is -0.383 e. The molecule has 140 valence electrons. The van der Waals surface area contributed by atoms with E-state index in [0.29, 0.717) is 0 Å². The summed E-state index contributed by atoms with van der Waals surface area (Å²) in [4.78, 5) is 12.1. The summed E-state index contributed by atoms with van der Waals surface area (Å²) < 4.78 is 57.8. The fraction of sp³-hybridized carbons (Fsp3) is 0.235. The van der Waals surface area contributed by atoms with Gasteiger partial charge in [0.05, 0.1) is 11.5 Å². The van der Waals surface area contributed by atoms with Gasteiger partial charge in [-0.15, -0.1) is 0 Å². The van der Waals surface area contributed by atoms with E-state index in [1.807, 2.05) is 0 Å². The van der Waals surface area contributed by atoms with Crippen LogP contribution in [-0.4, -0.2) is 34.1 Å². The van der Waals surface area contributed by atoms with Crippen LogP contribution in [0.3, 0.4) is 0 Å². The van der Waals surface area contributed by atoms with Gasteiger partial charge in [-0.2, -0.15) is 0 Å². The molecule has 0 fully saturated rings. The van der Waals surface area contributed by atoms with Crippen molar-refractivity contribution < 1.29 is 26.7 Å². The lowest BCUT2D eigenvalue weighted by atomic mass is 10.2. The van der Waals surface area contributed by atoms with E-state index in [4.69, 9.17) is 4.74 Å². The van der Waals surface area contributed by atoms with E-state index >= 15 is 0 Å². The summed E-state index contributed by atoms with van der Waals surface area (Å²) in [7, 11) is -2.28. The third-order valence-corrected chi connectivity index (χ3v) is 4.98. The molecule has 1 amide bonds. The van der Waals surface area contributed by atoms with E-state index in [0.717, 1.165) is 12.1 Å². The maximum absolute atomic E-state index is 13.2. The average Bonchev–Trinajstić information content (AvgIpc) is 2.58. The zero-order chi connectivity index (χ0) is 19.3. The Morgan fingerprint density at radius 1 is 1.12 bits per heavy atom. The molecule has 2 N–H and O–H groups in total. The Balaban J connectivity index is 2.10. The molecule has 9 heteroatoms. The van der Waals surface area contributed by atoms with Gasteiger partial charge in [-0.25, -0.2) is 21.9 Å². The number of methoxy groups -OCH3 is 1. The van der Waals surface area contributed by atoms with Crippen LogP contribution < -0.4 is 10.0 Å². The third-order valence-electron chi connectivity index (χ3n) is 3.38. The number of carbonyl (C=O) groups excluding carboxylic acids is 1. The van der Waals surface area contributed by atoms with Gasteiger partial charge in [-0.05, 0) is 43.3 Å². The Labute approximate surface area is 150 Å². The van der Waals surface area contributed by atoms with Crippen LogP contribution in [0.25, 0.3) is 0 Å². The van der Waals surface area contributed by atoms with E-state index in [2.05, 4.69) is 10.0 Å². The van der Waals surface area contributed by atoms with Crippen molar-refractivity contribution in [3.63, 3.8) is 0 Å². The van der Waals surface area contributed by atoms with E-state index in [1.165, 1.54) is 37.4 Å². The maximum atomic E-state index is 13.2. The second kappa shape index (κ2) is 8.35. The molecular formula is C17H18F2N2O4S. The summed E-state index contributed by atoms with van der Waals surface area (Å²) >= 11 is 0. The van der Waals surface area contributed by atoms with E-state index in [1.54, 1.807) is 6.92 Å². The van der Waals surface area contributed by atoms with Gasteiger partial charge in [0.1, 0.15) is 0 Å². The molecule has 0 bridgehead atoms. The molecule has 0 aliphatic heterocycles. The quantitative estimate of drug-likeness (QED) is 0.768. The predicted octanol–water partition coefficient (Wildman–Crippen LogP) is 2.53. The maximum Gasteiger partial charge on any atom is 0.255 e. The average molecular weight is 384 g/mol. The summed E-state index contributed by atoms with van der Waals surface area (Å²) in [6.45, 7) is 1.87. The second-order valence-electron chi connectivity index (χ2n) is 5.59. The molecule has 2 aromatic carbocycles. The third kappa shape index (κ3) is 5.07. The zero-order valence-electron chi connectivity index (χ0n) is 14.1. The lowest BCUT2D eigenvalue weighted by Gasteiger charge is -2.13. The van der Waals surface area contributed by atoms with Crippen LogP contribution in [0.15, 0.2) is 47.4 Å². The van der Waals surface area contributed by atoms with Crippen LogP contribution in [0.2, 0.25) is 0 Å². The summed E-state index contributed by atoms with van der Waals surface area (Å²) in [5.41, 5.74) is 0.249. The van der Waals surface area contributed by atoms with Gasteiger partial charge in [0.25, 0.3) is 5.91 Å². The molecule has 0 saturated carbocycles. The minimum atomic E-state index is -3.75. The van der Waals surface area contributed by atoms with Crippen molar-refractivity contribution in [3.05, 3.63) is 59.7 Å². The summed E-state index contributed by atoms with van der Waals surface area (Å²) in [6, 6.07) is 7.76. The Morgan fingerprint density at radius 2 is 1.77 bits per heavy atom. The largest absolute Gasteiger partial charge is 0.383 e. The van der Waals surface area contributed by atoms with Gasteiger partial charge in [-0.1, -0.05) is 0 Å². The molecule has 2 rings (SSSR count). The number of rotatable bonds is 7. The summed E-state index contributed by atoms with van der Waals surface area (Å²) in [5.74, 6) is -2.69. The summed E-state index contributed by atoms with van der Waals surface area (Å²) in [5, 5.41) is 2.41. The van der Waals surface area contributed by atoms with Crippen LogP contribution in [0.5, 0.6) is 0 Å². The van der Waals surface area contributed by atoms with Crippen LogP contribution >= 0.6 is 0 Å². The number of ether oxygens (including phenoxy) is 1. The normalized spacial score (nSPS) is 12.6. The van der Waals surface area contributed by atoms with Gasteiger partial charge in [0.2, 0.25) is 10.0 Å². The molecule has 0 aliphatic rings. The SMILES string of the molecule is COC[C@H](C)NS(=O)(=O)c1ccc(C(=O)Nc2ccc(F)c(F)c2)cc1. The van der Waals surface area contributed by atoms with Crippen molar-refractivity contribution in [3.8, 4) is 0 Å². The monoisotopic (exact) mass is 384 g/mol. The lowest BCUT2D eigenvalue weighted by molar-refractivity contribution is 0.102. The number of sulfonamides is 1. The molecule has 0 aliphatic carbocycles. The van der Waals surface area contributed by atoms with Crippen LogP contribution in [-0.2, 0) is 14.8 Å². The number of hydrogen-bond donors (Lipinski definition) is 2. The number of hydrogen-bond acceptors (Lipinski definition) is 4. The highest BCUT2D eigenvalue weighted by molar-refractivity contribution is 7.89. The van der Waals surface area contributed by atoms with E-state index < -0.39 is 33.6 Å². The first-order valence-electron chi connectivity index (χ1n) is 7.60. The topological polar surface area (TPSA) is 84.5 Å². The standard InChI is InChI=1S/C17H18F2N2O4S/c1-11(10-25-2)21-26(23,24)14-6-3-12(4-7-14)17(22)20-13-5-8-15(18)16(19)9-13/h3-9,11,21H,10H2,1-2H3,(H,20,22)/t11-/m0/s1. The van der Waals surface area contributed by atoms with Crippen molar-refractivity contribution in [2.24, 2.45) is 0 Å². The molecule has 0 radical (unpaired) electrons. The van der Waals surface area contributed by atoms with Gasteiger partial charge in [0, 0.05) is 30.5 Å². The molecule has 2 aromatic rings. The van der Waals surface area contributed by atoms with Crippen molar-refractivity contribution in [2.75, 3.05) is 19.0 Å². The lowest BCUT2D eigenvalue weighted by Crippen LogP contribution is -2.35. The van der Waals surface area contributed by atoms with Gasteiger partial charge in [-0.3, -0.25) is 4.79 Å². The molecule has 0 heterocycles. The van der Waals surface area contributed by atoms with Crippen molar-refractivity contribution >= 4 is 21.6 Å². The van der Waals surface area contributed by atoms with Crippen LogP contribution in [0.1, 0.15) is 17.3 Å². The second-order valence-corrected chi connectivity index (χ2v) is 7.30. The molecule has 1 atom stereocenters. The predicted molar refractivity (Wildman–Crippen MR) is 92.4 cm³/mol. The van der Waals surface area contributed by atoms with Gasteiger partial charge < -0.3 is 10.1 Å². The van der Waals surface area contributed by atoms with Crippen molar-refractivity contribution in [1.29, 1.82) is 0 Å². The molecule has 26 heavy (non-hydrogen) atoms. The molecule has 0 spiro atoms. The number of nitrogens with one attached hydrogen (secondary N) is 2. The zero-order valence-corrected chi connectivity index (χ0v) is 14.9. The van der Waals surface area contributed by atoms with E-state index in [-0.39, 0.29) is 22.8 Å². The van der Waals surface area contributed by atoms with E-state index in [9.17, 15) is 22.0 Å². The van der Waals surface area contributed by atoms with Crippen molar-refractivity contribution in [2.45, 2.75) is 17.9 Å². The first kappa shape index (κ1) is 20.0. The Hall–Kier alpha value is -2.36. The first-order chi connectivity index (χ1) is 12.2. The molecule has 0 saturated heterocycles. The fourth-order valence-corrected chi connectivity index (χ4v) is 3.41. The highest BCUT2D eigenvalue weighted by Crippen LogP contribution is 2.16. The first-order valence-corrected chi connectivity index (χ1v) is 9.09. The number of halogens is 2. The highest BCUT2D eigenvalue weighted by atomic mass is 32.2. The van der Waals surface area contributed by atoms with Crippen LogP contribution in [0, 0.1) is 11.6 Å². The number of amides is 1. The highest BCUT2D eigenvalue weighted by Gasteiger charge is 2.18. The molecule has 0 aromatic heterocycles. The minimum absolute atomic E-state index is 0.00942. The number of carbonyl (C=O) groups is 1. The Kier molecular flexibility index (Phi) is 6.41. The number of benzene rings is 2. The molecule has 6 nitrogen and oxygen atoms in total. The van der Waals surface area contributed by atoms with Gasteiger partial charge in [0.15, 0.2) is 11.6 Å². The fourth-order valence-electron chi connectivity index (χ4n) is 2.18. The number of anilines is 1. The Morgan fingerprint density at radius 3 is 2.35 bits per heavy atom. The van der Waals surface area contributed by atoms with Crippen LogP contribution in [0.4, 0.5) is 14.5 Å². The van der Waals surface area contributed by atoms with Gasteiger partial charge >= 0.3 is 0 Å². The Bertz CT molecular complexity index is 886. The molecule has 0 unspecified atom stereocenters.